The van der Waals surface area contributed by atoms with E-state index in [2.05, 4.69) is 10.5 Å². The third-order valence-corrected chi connectivity index (χ3v) is 6.33. The van der Waals surface area contributed by atoms with Crippen molar-refractivity contribution < 1.29 is 23.6 Å². The molecule has 9 heteroatoms. The molecule has 2 amide bonds. The standard InChI is InChI=1S/C24H22ClN3O5/c1-14-21(22(27-33-14)17-4-2-3-5-18(17)25)24(30)28-10-8-15(9-11-28)23(29)26-16-6-7-19-20(12-16)32-13-31-19/h2-7,12,15H,8-11,13H2,1H3,(H,26,29). The highest BCUT2D eigenvalue weighted by Crippen LogP contribution is 2.35. The fourth-order valence-electron chi connectivity index (χ4n) is 4.18. The van der Waals surface area contributed by atoms with Crippen molar-refractivity contribution in [2.75, 3.05) is 25.2 Å². The molecule has 3 heterocycles. The van der Waals surface area contributed by atoms with Gasteiger partial charge in [0.15, 0.2) is 11.5 Å². The maximum atomic E-state index is 13.3. The largest absolute Gasteiger partial charge is 0.454 e. The van der Waals surface area contributed by atoms with Crippen molar-refractivity contribution in [3.63, 3.8) is 0 Å². The van der Waals surface area contributed by atoms with Gasteiger partial charge in [-0.25, -0.2) is 0 Å². The first-order chi connectivity index (χ1) is 16.0. The monoisotopic (exact) mass is 467 g/mol. The third-order valence-electron chi connectivity index (χ3n) is 6.00. The summed E-state index contributed by atoms with van der Waals surface area (Å²) in [7, 11) is 0. The van der Waals surface area contributed by atoms with Gasteiger partial charge in [0.1, 0.15) is 17.0 Å². The molecule has 0 bridgehead atoms. The van der Waals surface area contributed by atoms with Gasteiger partial charge in [-0.15, -0.1) is 0 Å². The molecule has 5 rings (SSSR count). The van der Waals surface area contributed by atoms with Crippen LogP contribution in [0.4, 0.5) is 5.69 Å². The summed E-state index contributed by atoms with van der Waals surface area (Å²) >= 11 is 6.32. The molecule has 0 aliphatic carbocycles. The van der Waals surface area contributed by atoms with Crippen LogP contribution in [0.3, 0.4) is 0 Å². The lowest BCUT2D eigenvalue weighted by atomic mass is 9.94. The van der Waals surface area contributed by atoms with Gasteiger partial charge in [-0.3, -0.25) is 9.59 Å². The molecule has 170 valence electrons. The Morgan fingerprint density at radius 1 is 1.09 bits per heavy atom. The van der Waals surface area contributed by atoms with Gasteiger partial charge in [-0.2, -0.15) is 0 Å². The van der Waals surface area contributed by atoms with Gasteiger partial charge in [0.2, 0.25) is 12.7 Å². The number of nitrogens with zero attached hydrogens (tertiary/aromatic N) is 2. The minimum atomic E-state index is -0.189. The molecule has 0 radical (unpaired) electrons. The van der Waals surface area contributed by atoms with Crippen molar-refractivity contribution in [3.05, 3.63) is 58.8 Å². The van der Waals surface area contributed by atoms with Crippen molar-refractivity contribution in [1.82, 2.24) is 10.1 Å². The topological polar surface area (TPSA) is 93.9 Å². The number of ether oxygens (including phenoxy) is 2. The average Bonchev–Trinajstić information content (AvgIpc) is 3.45. The predicted molar refractivity (Wildman–Crippen MR) is 122 cm³/mol. The number of nitrogens with one attached hydrogen (secondary N) is 1. The molecule has 1 saturated heterocycles. The Balaban J connectivity index is 1.24. The Morgan fingerprint density at radius 3 is 2.64 bits per heavy atom. The van der Waals surface area contributed by atoms with Crippen LogP contribution in [-0.4, -0.2) is 41.8 Å². The Morgan fingerprint density at radius 2 is 1.85 bits per heavy atom. The summed E-state index contributed by atoms with van der Waals surface area (Å²) in [5.41, 5.74) is 2.15. The zero-order valence-electron chi connectivity index (χ0n) is 18.0. The minimum absolute atomic E-state index is 0.0705. The Labute approximate surface area is 195 Å². The highest BCUT2D eigenvalue weighted by molar-refractivity contribution is 6.33. The van der Waals surface area contributed by atoms with Crippen molar-refractivity contribution in [1.29, 1.82) is 0 Å². The smallest absolute Gasteiger partial charge is 0.259 e. The van der Waals surface area contributed by atoms with E-state index < -0.39 is 0 Å². The van der Waals surface area contributed by atoms with E-state index in [9.17, 15) is 9.59 Å². The molecule has 0 unspecified atom stereocenters. The number of rotatable bonds is 4. The summed E-state index contributed by atoms with van der Waals surface area (Å²) in [6, 6.07) is 12.5. The Bertz CT molecular complexity index is 1220. The van der Waals surface area contributed by atoms with E-state index in [0.717, 1.165) is 0 Å². The number of carbonyl (C=O) groups is 2. The molecule has 1 N–H and O–H groups in total. The molecule has 0 spiro atoms. The van der Waals surface area contributed by atoms with E-state index >= 15 is 0 Å². The molecule has 1 aromatic heterocycles. The molecule has 33 heavy (non-hydrogen) atoms. The number of halogens is 1. The van der Waals surface area contributed by atoms with E-state index in [4.69, 9.17) is 25.6 Å². The van der Waals surface area contributed by atoms with Crippen LogP contribution in [0.2, 0.25) is 5.02 Å². The van der Waals surface area contributed by atoms with E-state index in [-0.39, 0.29) is 24.5 Å². The summed E-state index contributed by atoms with van der Waals surface area (Å²) in [5, 5.41) is 7.53. The van der Waals surface area contributed by atoms with Crippen molar-refractivity contribution in [3.8, 4) is 22.8 Å². The maximum absolute atomic E-state index is 13.3. The fraction of sp³-hybridized carbons (Fsp3) is 0.292. The highest BCUT2D eigenvalue weighted by Gasteiger charge is 2.32. The zero-order chi connectivity index (χ0) is 22.9. The zero-order valence-corrected chi connectivity index (χ0v) is 18.7. The quantitative estimate of drug-likeness (QED) is 0.606. The van der Waals surface area contributed by atoms with Gasteiger partial charge in [0.05, 0.1) is 5.02 Å². The Kier molecular flexibility index (Phi) is 5.68. The van der Waals surface area contributed by atoms with E-state index in [1.165, 1.54) is 0 Å². The molecule has 2 aliphatic rings. The minimum Gasteiger partial charge on any atom is -0.454 e. The Hall–Kier alpha value is -3.52. The number of hydrogen-bond donors (Lipinski definition) is 1. The van der Waals surface area contributed by atoms with Crippen LogP contribution < -0.4 is 14.8 Å². The molecular weight excluding hydrogens is 446 g/mol. The normalized spacial score (nSPS) is 15.5. The first kappa shape index (κ1) is 21.3. The maximum Gasteiger partial charge on any atom is 0.259 e. The number of amides is 2. The summed E-state index contributed by atoms with van der Waals surface area (Å²) in [6.07, 6.45) is 1.13. The van der Waals surface area contributed by atoms with Gasteiger partial charge in [-0.1, -0.05) is 35.0 Å². The van der Waals surface area contributed by atoms with E-state index in [1.54, 1.807) is 36.1 Å². The number of fused-ring (bicyclic) bond motifs is 1. The van der Waals surface area contributed by atoms with Crippen LogP contribution in [0, 0.1) is 12.8 Å². The van der Waals surface area contributed by atoms with Gasteiger partial charge >= 0.3 is 0 Å². The number of aromatic nitrogens is 1. The molecule has 0 atom stereocenters. The number of anilines is 1. The summed E-state index contributed by atoms with van der Waals surface area (Å²) in [4.78, 5) is 27.8. The predicted octanol–water partition coefficient (Wildman–Crippen LogP) is 4.52. The molecule has 3 aromatic rings. The SMILES string of the molecule is Cc1onc(-c2ccccc2Cl)c1C(=O)N1CCC(C(=O)Nc2ccc3c(c2)OCO3)CC1. The number of hydrogen-bond acceptors (Lipinski definition) is 6. The third kappa shape index (κ3) is 4.14. The van der Waals surface area contributed by atoms with Crippen molar-refractivity contribution in [2.45, 2.75) is 19.8 Å². The second-order valence-electron chi connectivity index (χ2n) is 8.07. The lowest BCUT2D eigenvalue weighted by Crippen LogP contribution is -2.41. The van der Waals surface area contributed by atoms with E-state index in [1.807, 2.05) is 18.2 Å². The fourth-order valence-corrected chi connectivity index (χ4v) is 4.41. The van der Waals surface area contributed by atoms with Crippen LogP contribution in [0.5, 0.6) is 11.5 Å². The van der Waals surface area contributed by atoms with E-state index in [0.29, 0.717) is 70.7 Å². The number of benzene rings is 2. The van der Waals surface area contributed by atoms with Crippen LogP contribution in [0.1, 0.15) is 29.0 Å². The summed E-state index contributed by atoms with van der Waals surface area (Å²) in [6.45, 7) is 2.82. The molecule has 0 saturated carbocycles. The van der Waals surface area contributed by atoms with Crippen molar-refractivity contribution in [2.24, 2.45) is 5.92 Å². The van der Waals surface area contributed by atoms with Gasteiger partial charge in [0.25, 0.3) is 5.91 Å². The number of likely N-dealkylation sites (tertiary alicyclic amines) is 1. The van der Waals surface area contributed by atoms with Crippen LogP contribution in [0.15, 0.2) is 47.0 Å². The lowest BCUT2D eigenvalue weighted by molar-refractivity contribution is -0.121. The second-order valence-corrected chi connectivity index (χ2v) is 8.47. The van der Waals surface area contributed by atoms with Crippen LogP contribution >= 0.6 is 11.6 Å². The van der Waals surface area contributed by atoms with Gasteiger partial charge in [-0.05, 0) is 38.0 Å². The highest BCUT2D eigenvalue weighted by atomic mass is 35.5. The summed E-state index contributed by atoms with van der Waals surface area (Å²) in [5.74, 6) is 1.30. The average molecular weight is 468 g/mol. The molecule has 1 fully saturated rings. The molecule has 2 aliphatic heterocycles. The van der Waals surface area contributed by atoms with Gasteiger partial charge < -0.3 is 24.2 Å². The second kappa shape index (κ2) is 8.78. The number of piperidine rings is 1. The van der Waals surface area contributed by atoms with Crippen LogP contribution in [0.25, 0.3) is 11.3 Å². The molecular formula is C24H22ClN3O5. The van der Waals surface area contributed by atoms with Crippen LogP contribution in [-0.2, 0) is 4.79 Å². The molecule has 8 nitrogen and oxygen atoms in total. The molecule has 2 aromatic carbocycles. The van der Waals surface area contributed by atoms with Gasteiger partial charge in [0, 0.05) is 36.3 Å². The lowest BCUT2D eigenvalue weighted by Gasteiger charge is -2.31. The number of carbonyl (C=O) groups excluding carboxylic acids is 2. The van der Waals surface area contributed by atoms with Crippen molar-refractivity contribution >= 4 is 29.1 Å². The first-order valence-electron chi connectivity index (χ1n) is 10.7. The summed E-state index contributed by atoms with van der Waals surface area (Å²) < 4.78 is 16.0. The number of aryl methyl sites for hydroxylation is 1. The first-order valence-corrected chi connectivity index (χ1v) is 11.1.